The molecule has 168 valence electrons. The largest absolute Gasteiger partial charge is 0.304 e. The quantitative estimate of drug-likeness (QED) is 0.210. The third-order valence-corrected chi connectivity index (χ3v) is 4.19. The molecule has 0 atom stereocenters. The maximum Gasteiger partial charge on any atom is 0.104 e. The molecule has 0 radical (unpaired) electrons. The number of hydrogen-bond donors (Lipinski definition) is 0. The van der Waals surface area contributed by atoms with Crippen LogP contribution in [-0.2, 0) is 0 Å². The van der Waals surface area contributed by atoms with Gasteiger partial charge >= 0.3 is 0 Å². The smallest absolute Gasteiger partial charge is 0.104 e. The van der Waals surface area contributed by atoms with E-state index < -0.39 is 0 Å². The molecule has 0 aliphatic rings. The van der Waals surface area contributed by atoms with Gasteiger partial charge in [-0.25, -0.2) is 0 Å². The second-order valence-electron chi connectivity index (χ2n) is 6.44. The van der Waals surface area contributed by atoms with Gasteiger partial charge < -0.3 is 4.90 Å². The van der Waals surface area contributed by atoms with E-state index in [0.717, 1.165) is 35.6 Å². The molecule has 0 aliphatic heterocycles. The number of benzene rings is 1. The zero-order valence-electron chi connectivity index (χ0n) is 21.5. The summed E-state index contributed by atoms with van der Waals surface area (Å²) in [6, 6.07) is 6.36. The van der Waals surface area contributed by atoms with E-state index in [1.165, 1.54) is 11.1 Å². The van der Waals surface area contributed by atoms with Crippen LogP contribution in [0.15, 0.2) is 59.4 Å². The van der Waals surface area contributed by atoms with Crippen LogP contribution in [-0.4, -0.2) is 17.8 Å². The first kappa shape index (κ1) is 30.2. The fourth-order valence-corrected chi connectivity index (χ4v) is 2.50. The predicted molar refractivity (Wildman–Crippen MR) is 141 cm³/mol. The molecule has 1 rings (SSSR count). The summed E-state index contributed by atoms with van der Waals surface area (Å²) < 4.78 is 0. The van der Waals surface area contributed by atoms with Gasteiger partial charge in [-0.15, -0.1) is 5.92 Å². The van der Waals surface area contributed by atoms with Crippen molar-refractivity contribution in [2.24, 2.45) is 4.99 Å². The Kier molecular flexibility index (Phi) is 18.5. The molecule has 2 nitrogen and oxygen atoms in total. The lowest BCUT2D eigenvalue weighted by Gasteiger charge is -2.26. The molecule has 0 aromatic heterocycles. The van der Waals surface area contributed by atoms with Crippen molar-refractivity contribution in [3.8, 4) is 23.7 Å². The Balaban J connectivity index is 0. The number of amidine groups is 1. The molecular formula is C29H42N2. The minimum atomic E-state index is 0.886. The van der Waals surface area contributed by atoms with Gasteiger partial charge in [-0.2, -0.15) is 0 Å². The Bertz CT molecular complexity index is 875. The maximum atomic E-state index is 4.23. The molecule has 0 bridgehead atoms. The van der Waals surface area contributed by atoms with Crippen molar-refractivity contribution in [2.45, 2.75) is 75.2 Å². The molecule has 2 heteroatoms. The highest BCUT2D eigenvalue weighted by atomic mass is 15.2. The summed E-state index contributed by atoms with van der Waals surface area (Å²) in [5.74, 6) is 12.9. The first-order chi connectivity index (χ1) is 14.9. The van der Waals surface area contributed by atoms with Crippen LogP contribution in [0.3, 0.4) is 0 Å². The fraction of sp³-hybridized carbons (Fsp3) is 0.414. The molecule has 0 aliphatic carbocycles. The monoisotopic (exact) mass is 418 g/mol. The van der Waals surface area contributed by atoms with Crippen LogP contribution >= 0.6 is 0 Å². The summed E-state index contributed by atoms with van der Waals surface area (Å²) in [4.78, 5) is 6.28. The lowest BCUT2D eigenvalue weighted by atomic mass is 10.1. The first-order valence-electron chi connectivity index (χ1n) is 11.1. The van der Waals surface area contributed by atoms with Crippen LogP contribution in [0.1, 0.15) is 78.0 Å². The van der Waals surface area contributed by atoms with Gasteiger partial charge in [0.05, 0.1) is 0 Å². The second kappa shape index (κ2) is 19.0. The number of hydrogen-bond acceptors (Lipinski definition) is 1. The third kappa shape index (κ3) is 12.3. The van der Waals surface area contributed by atoms with Gasteiger partial charge in [-0.05, 0) is 64.8 Å². The Morgan fingerprint density at radius 3 is 2.29 bits per heavy atom. The van der Waals surface area contributed by atoms with Crippen LogP contribution in [0.5, 0.6) is 0 Å². The first-order valence-corrected chi connectivity index (χ1v) is 11.1. The van der Waals surface area contributed by atoms with Crippen LogP contribution in [0.4, 0.5) is 0 Å². The highest BCUT2D eigenvalue weighted by Crippen LogP contribution is 2.16. The minimum Gasteiger partial charge on any atom is -0.304 e. The average Bonchev–Trinajstić information content (AvgIpc) is 2.79. The molecular weight excluding hydrogens is 376 g/mol. The van der Waals surface area contributed by atoms with E-state index in [1.807, 2.05) is 57.7 Å². The SMILES string of the molecule is C=C(CC)N(C(C)=NC)C(/C=C\C#CC)=C/C.CC.CCC#Cc1ccc(C)cc1C. The summed E-state index contributed by atoms with van der Waals surface area (Å²) in [5.41, 5.74) is 5.80. The van der Waals surface area contributed by atoms with Crippen LogP contribution < -0.4 is 0 Å². The molecule has 0 unspecified atom stereocenters. The highest BCUT2D eigenvalue weighted by molar-refractivity contribution is 5.83. The summed E-state index contributed by atoms with van der Waals surface area (Å²) in [6.07, 6.45) is 7.66. The van der Waals surface area contributed by atoms with E-state index in [4.69, 9.17) is 0 Å². The maximum absolute atomic E-state index is 4.23. The van der Waals surface area contributed by atoms with Gasteiger partial charge in [0.2, 0.25) is 0 Å². The lowest BCUT2D eigenvalue weighted by molar-refractivity contribution is 0.618. The van der Waals surface area contributed by atoms with Gasteiger partial charge in [0, 0.05) is 30.4 Å². The summed E-state index contributed by atoms with van der Waals surface area (Å²) >= 11 is 0. The van der Waals surface area contributed by atoms with E-state index in [-0.39, 0.29) is 0 Å². The highest BCUT2D eigenvalue weighted by Gasteiger charge is 2.11. The fourth-order valence-electron chi connectivity index (χ4n) is 2.50. The number of nitrogens with zero attached hydrogens (tertiary/aromatic N) is 2. The summed E-state index contributed by atoms with van der Waals surface area (Å²) in [6.45, 7) is 22.2. The molecule has 1 aromatic carbocycles. The van der Waals surface area contributed by atoms with Crippen molar-refractivity contribution in [3.05, 3.63) is 71.1 Å². The van der Waals surface area contributed by atoms with E-state index in [0.29, 0.717) is 0 Å². The summed E-state index contributed by atoms with van der Waals surface area (Å²) in [5, 5.41) is 0. The average molecular weight is 419 g/mol. The van der Waals surface area contributed by atoms with Crippen molar-refractivity contribution in [3.63, 3.8) is 0 Å². The Morgan fingerprint density at radius 1 is 1.19 bits per heavy atom. The van der Waals surface area contributed by atoms with Crippen molar-refractivity contribution >= 4 is 5.84 Å². The van der Waals surface area contributed by atoms with Crippen molar-refractivity contribution < 1.29 is 0 Å². The van der Waals surface area contributed by atoms with Gasteiger partial charge in [0.1, 0.15) is 5.84 Å². The summed E-state index contributed by atoms with van der Waals surface area (Å²) in [7, 11) is 1.79. The van der Waals surface area contributed by atoms with E-state index >= 15 is 0 Å². The van der Waals surface area contributed by atoms with Gasteiger partial charge in [0.15, 0.2) is 0 Å². The Hall–Kier alpha value is -2.97. The molecule has 0 spiro atoms. The second-order valence-corrected chi connectivity index (χ2v) is 6.44. The van der Waals surface area contributed by atoms with E-state index in [1.54, 1.807) is 7.05 Å². The minimum absolute atomic E-state index is 0.886. The molecule has 0 fully saturated rings. The number of allylic oxidation sites excluding steroid dienone is 4. The van der Waals surface area contributed by atoms with Gasteiger partial charge in [0.25, 0.3) is 0 Å². The molecule has 31 heavy (non-hydrogen) atoms. The third-order valence-electron chi connectivity index (χ3n) is 4.19. The van der Waals surface area contributed by atoms with Gasteiger partial charge in [-0.1, -0.05) is 75.8 Å². The van der Waals surface area contributed by atoms with Crippen molar-refractivity contribution in [1.29, 1.82) is 0 Å². The van der Waals surface area contributed by atoms with Crippen LogP contribution in [0.2, 0.25) is 0 Å². The Morgan fingerprint density at radius 2 is 1.84 bits per heavy atom. The standard InChI is InChI=1S/C15H22N2.C12H14.C2H6/c1-7-10-11-12-15(9-3)17(13(4)8-2)14(5)16-6;1-4-5-6-12-8-7-10(2)9-11(12)3;1-2/h9,11-12H,4,8H2,1-3,5-6H3;7-9H,4H2,1-3H3;1-2H3/b12-11-,15-9+,16-14?;;. The van der Waals surface area contributed by atoms with Crippen LogP contribution in [0.25, 0.3) is 0 Å². The zero-order valence-corrected chi connectivity index (χ0v) is 21.5. The molecule has 1 aromatic rings. The number of rotatable bonds is 4. The molecule has 0 heterocycles. The lowest BCUT2D eigenvalue weighted by Crippen LogP contribution is -2.26. The van der Waals surface area contributed by atoms with Crippen molar-refractivity contribution in [2.75, 3.05) is 7.05 Å². The normalized spacial score (nSPS) is 10.4. The Labute approximate surface area is 192 Å². The number of aryl methyl sites for hydroxylation is 2. The van der Waals surface area contributed by atoms with Crippen LogP contribution in [0, 0.1) is 37.5 Å². The molecule has 0 amide bonds. The topological polar surface area (TPSA) is 15.6 Å². The predicted octanol–water partition coefficient (Wildman–Crippen LogP) is 7.83. The molecule has 0 saturated heterocycles. The van der Waals surface area contributed by atoms with E-state index in [2.05, 4.69) is 81.1 Å². The zero-order chi connectivity index (χ0) is 24.2. The van der Waals surface area contributed by atoms with Crippen molar-refractivity contribution in [1.82, 2.24) is 4.90 Å². The van der Waals surface area contributed by atoms with E-state index in [9.17, 15) is 0 Å². The molecule has 0 saturated carbocycles. The molecule has 0 N–H and O–H groups in total. The van der Waals surface area contributed by atoms with Gasteiger partial charge in [-0.3, -0.25) is 4.99 Å². The number of aliphatic imine (C=N–C) groups is 1.